The van der Waals surface area contributed by atoms with E-state index < -0.39 is 0 Å². The van der Waals surface area contributed by atoms with Crippen molar-refractivity contribution in [2.24, 2.45) is 0 Å². The Kier molecular flexibility index (Phi) is 6.18. The van der Waals surface area contributed by atoms with Gasteiger partial charge in [-0.15, -0.1) is 0 Å². The number of amides is 1. The lowest BCUT2D eigenvalue weighted by molar-refractivity contribution is -0.132. The lowest BCUT2D eigenvalue weighted by Crippen LogP contribution is -2.42. The SMILES string of the molecule is COc1ccc(CNC(C)C(=O)N(C)Cc2ccccc2)cc1. The zero-order valence-corrected chi connectivity index (χ0v) is 14.0. The molecule has 1 N–H and O–H groups in total. The monoisotopic (exact) mass is 312 g/mol. The molecular weight excluding hydrogens is 288 g/mol. The van der Waals surface area contributed by atoms with E-state index in [2.05, 4.69) is 5.32 Å². The van der Waals surface area contributed by atoms with Crippen molar-refractivity contribution in [3.63, 3.8) is 0 Å². The highest BCUT2D eigenvalue weighted by Crippen LogP contribution is 2.11. The minimum atomic E-state index is -0.231. The highest BCUT2D eigenvalue weighted by atomic mass is 16.5. The predicted molar refractivity (Wildman–Crippen MR) is 92.2 cm³/mol. The lowest BCUT2D eigenvalue weighted by atomic mass is 10.2. The normalized spacial score (nSPS) is 11.8. The van der Waals surface area contributed by atoms with Crippen LogP contribution in [-0.4, -0.2) is 31.0 Å². The van der Waals surface area contributed by atoms with E-state index in [0.29, 0.717) is 13.1 Å². The first-order valence-corrected chi connectivity index (χ1v) is 7.75. The molecule has 0 spiro atoms. The Morgan fingerprint density at radius 3 is 2.35 bits per heavy atom. The van der Waals surface area contributed by atoms with Crippen LogP contribution in [0.3, 0.4) is 0 Å². The molecule has 0 aliphatic heterocycles. The van der Waals surface area contributed by atoms with Crippen molar-refractivity contribution >= 4 is 5.91 Å². The standard InChI is InChI=1S/C19H24N2O2/c1-15(20-13-16-9-11-18(23-3)12-10-16)19(22)21(2)14-17-7-5-4-6-8-17/h4-12,15,20H,13-14H2,1-3H3. The van der Waals surface area contributed by atoms with Crippen LogP contribution in [0.15, 0.2) is 54.6 Å². The third kappa shape index (κ3) is 5.11. The van der Waals surface area contributed by atoms with Crippen molar-refractivity contribution in [3.05, 3.63) is 65.7 Å². The Labute approximate surface area is 138 Å². The fourth-order valence-corrected chi connectivity index (χ4v) is 2.37. The summed E-state index contributed by atoms with van der Waals surface area (Å²) >= 11 is 0. The van der Waals surface area contributed by atoms with E-state index in [4.69, 9.17) is 4.74 Å². The van der Waals surface area contributed by atoms with Crippen molar-refractivity contribution in [2.75, 3.05) is 14.2 Å². The van der Waals surface area contributed by atoms with Crippen molar-refractivity contribution in [1.82, 2.24) is 10.2 Å². The van der Waals surface area contributed by atoms with E-state index in [1.807, 2.05) is 68.6 Å². The molecule has 0 aliphatic carbocycles. The highest BCUT2D eigenvalue weighted by molar-refractivity contribution is 5.81. The average Bonchev–Trinajstić information content (AvgIpc) is 2.60. The zero-order valence-electron chi connectivity index (χ0n) is 14.0. The summed E-state index contributed by atoms with van der Waals surface area (Å²) in [6.07, 6.45) is 0. The fraction of sp³-hybridized carbons (Fsp3) is 0.316. The molecule has 2 aromatic carbocycles. The number of rotatable bonds is 7. The van der Waals surface area contributed by atoms with Crippen molar-refractivity contribution in [1.29, 1.82) is 0 Å². The van der Waals surface area contributed by atoms with Crippen LogP contribution in [0, 0.1) is 0 Å². The first kappa shape index (κ1) is 17.0. The summed E-state index contributed by atoms with van der Waals surface area (Å²) in [5.41, 5.74) is 2.25. The number of nitrogens with one attached hydrogen (secondary N) is 1. The molecule has 0 fully saturated rings. The second-order valence-electron chi connectivity index (χ2n) is 5.63. The summed E-state index contributed by atoms with van der Waals surface area (Å²) in [4.78, 5) is 14.2. The van der Waals surface area contributed by atoms with Gasteiger partial charge in [-0.1, -0.05) is 42.5 Å². The summed E-state index contributed by atoms with van der Waals surface area (Å²) < 4.78 is 5.14. The van der Waals surface area contributed by atoms with E-state index >= 15 is 0 Å². The topological polar surface area (TPSA) is 41.6 Å². The van der Waals surface area contributed by atoms with Gasteiger partial charge in [-0.25, -0.2) is 0 Å². The van der Waals surface area contributed by atoms with Gasteiger partial charge in [0.1, 0.15) is 5.75 Å². The third-order valence-corrected chi connectivity index (χ3v) is 3.78. The van der Waals surface area contributed by atoms with Crippen LogP contribution >= 0.6 is 0 Å². The van der Waals surface area contributed by atoms with Crippen LogP contribution in [0.25, 0.3) is 0 Å². The van der Waals surface area contributed by atoms with E-state index in [0.717, 1.165) is 16.9 Å². The minimum Gasteiger partial charge on any atom is -0.497 e. The van der Waals surface area contributed by atoms with Crippen LogP contribution < -0.4 is 10.1 Å². The van der Waals surface area contributed by atoms with Crippen molar-refractivity contribution < 1.29 is 9.53 Å². The molecule has 122 valence electrons. The van der Waals surface area contributed by atoms with Gasteiger partial charge in [0, 0.05) is 20.1 Å². The number of benzene rings is 2. The maximum Gasteiger partial charge on any atom is 0.239 e. The van der Waals surface area contributed by atoms with Crippen LogP contribution in [0.1, 0.15) is 18.1 Å². The smallest absolute Gasteiger partial charge is 0.239 e. The fourth-order valence-electron chi connectivity index (χ4n) is 2.37. The highest BCUT2D eigenvalue weighted by Gasteiger charge is 2.17. The molecule has 4 nitrogen and oxygen atoms in total. The molecule has 0 aliphatic rings. The van der Waals surface area contributed by atoms with Gasteiger partial charge in [-0.05, 0) is 30.2 Å². The molecule has 2 rings (SSSR count). The first-order chi connectivity index (χ1) is 11.1. The summed E-state index contributed by atoms with van der Waals surface area (Å²) in [6, 6.07) is 17.6. The van der Waals surface area contributed by atoms with Gasteiger partial charge in [-0.2, -0.15) is 0 Å². The molecule has 1 atom stereocenters. The number of hydrogen-bond donors (Lipinski definition) is 1. The number of likely N-dealkylation sites (N-methyl/N-ethyl adjacent to an activating group) is 1. The van der Waals surface area contributed by atoms with Gasteiger partial charge in [0.2, 0.25) is 5.91 Å². The van der Waals surface area contributed by atoms with Gasteiger partial charge in [-0.3, -0.25) is 4.79 Å². The molecule has 4 heteroatoms. The first-order valence-electron chi connectivity index (χ1n) is 7.75. The van der Waals surface area contributed by atoms with Crippen LogP contribution in [0.4, 0.5) is 0 Å². The number of nitrogens with zero attached hydrogens (tertiary/aromatic N) is 1. The lowest BCUT2D eigenvalue weighted by Gasteiger charge is -2.22. The Morgan fingerprint density at radius 1 is 1.09 bits per heavy atom. The summed E-state index contributed by atoms with van der Waals surface area (Å²) in [6.45, 7) is 3.16. The second kappa shape index (κ2) is 8.34. The molecule has 0 saturated heterocycles. The average molecular weight is 312 g/mol. The Morgan fingerprint density at radius 2 is 1.74 bits per heavy atom. The van der Waals surface area contributed by atoms with E-state index in [1.165, 1.54) is 0 Å². The van der Waals surface area contributed by atoms with Gasteiger partial charge in [0.15, 0.2) is 0 Å². The van der Waals surface area contributed by atoms with E-state index in [-0.39, 0.29) is 11.9 Å². The Balaban J connectivity index is 1.83. The van der Waals surface area contributed by atoms with E-state index in [1.54, 1.807) is 12.0 Å². The molecule has 0 radical (unpaired) electrons. The Hall–Kier alpha value is -2.33. The number of ether oxygens (including phenoxy) is 1. The number of carbonyl (C=O) groups is 1. The minimum absolute atomic E-state index is 0.0855. The quantitative estimate of drug-likeness (QED) is 0.855. The van der Waals surface area contributed by atoms with Crippen LogP contribution in [0.5, 0.6) is 5.75 Å². The molecule has 0 aromatic heterocycles. The second-order valence-corrected chi connectivity index (χ2v) is 5.63. The summed E-state index contributed by atoms with van der Waals surface area (Å²) in [5.74, 6) is 0.919. The molecule has 1 amide bonds. The Bertz CT molecular complexity index is 611. The van der Waals surface area contributed by atoms with Gasteiger partial charge in [0.25, 0.3) is 0 Å². The largest absolute Gasteiger partial charge is 0.497 e. The van der Waals surface area contributed by atoms with Crippen molar-refractivity contribution in [3.8, 4) is 5.75 Å². The molecular formula is C19H24N2O2. The number of methoxy groups -OCH3 is 1. The van der Waals surface area contributed by atoms with Gasteiger partial charge >= 0.3 is 0 Å². The third-order valence-electron chi connectivity index (χ3n) is 3.78. The van der Waals surface area contributed by atoms with Crippen molar-refractivity contribution in [2.45, 2.75) is 26.1 Å². The zero-order chi connectivity index (χ0) is 16.7. The molecule has 0 bridgehead atoms. The summed E-state index contributed by atoms with van der Waals surface area (Å²) in [5, 5.41) is 3.27. The van der Waals surface area contributed by atoms with Gasteiger partial charge in [0.05, 0.1) is 13.2 Å². The van der Waals surface area contributed by atoms with Crippen LogP contribution in [-0.2, 0) is 17.9 Å². The maximum atomic E-state index is 12.4. The van der Waals surface area contributed by atoms with Gasteiger partial charge < -0.3 is 15.0 Å². The molecule has 0 heterocycles. The van der Waals surface area contributed by atoms with E-state index in [9.17, 15) is 4.79 Å². The predicted octanol–water partition coefficient (Wildman–Crippen LogP) is 2.83. The number of carbonyl (C=O) groups excluding carboxylic acids is 1. The summed E-state index contributed by atoms with van der Waals surface area (Å²) in [7, 11) is 3.48. The molecule has 2 aromatic rings. The molecule has 0 saturated carbocycles. The maximum absolute atomic E-state index is 12.4. The van der Waals surface area contributed by atoms with Crippen LogP contribution in [0.2, 0.25) is 0 Å². The molecule has 23 heavy (non-hydrogen) atoms. The molecule has 1 unspecified atom stereocenters. The number of hydrogen-bond acceptors (Lipinski definition) is 3.